The molecule has 2 atom stereocenters. The average molecular weight is 220 g/mol. The van der Waals surface area contributed by atoms with Gasteiger partial charge in [0.1, 0.15) is 0 Å². The highest BCUT2D eigenvalue weighted by Crippen LogP contribution is 2.42. The van der Waals surface area contributed by atoms with Crippen LogP contribution in [0.15, 0.2) is 22.8 Å². The first-order valence-electron chi connectivity index (χ1n) is 6.10. The maximum atomic E-state index is 11.7. The molecule has 1 saturated carbocycles. The summed E-state index contributed by atoms with van der Waals surface area (Å²) in [6.07, 6.45) is 6.51. The van der Waals surface area contributed by atoms with E-state index in [1.165, 1.54) is 24.7 Å². The molecule has 0 spiro atoms. The van der Waals surface area contributed by atoms with Gasteiger partial charge in [-0.15, -0.1) is 0 Å². The van der Waals surface area contributed by atoms with E-state index < -0.39 is 0 Å². The molecule has 2 heteroatoms. The number of carbonyl (C=O) groups excluding carboxylic acids is 1. The summed E-state index contributed by atoms with van der Waals surface area (Å²) >= 11 is 0. The molecule has 0 bridgehead atoms. The van der Waals surface area contributed by atoms with Gasteiger partial charge in [-0.2, -0.15) is 0 Å². The number of hydrogen-bond donors (Lipinski definition) is 0. The van der Waals surface area contributed by atoms with Crippen LogP contribution in [0, 0.1) is 11.8 Å². The van der Waals surface area contributed by atoms with E-state index in [4.69, 9.17) is 4.74 Å². The van der Waals surface area contributed by atoms with Gasteiger partial charge in [-0.05, 0) is 38.5 Å². The van der Waals surface area contributed by atoms with Crippen molar-refractivity contribution in [1.82, 2.24) is 0 Å². The minimum atomic E-state index is -0.135. The van der Waals surface area contributed by atoms with Crippen molar-refractivity contribution in [3.63, 3.8) is 0 Å². The predicted octanol–water partition coefficient (Wildman–Crippen LogP) is 3.24. The number of hydrogen-bond acceptors (Lipinski definition) is 2. The number of esters is 1. The molecule has 0 heterocycles. The van der Waals surface area contributed by atoms with Crippen molar-refractivity contribution in [2.45, 2.75) is 39.5 Å². The van der Waals surface area contributed by atoms with E-state index in [1.807, 2.05) is 0 Å². The van der Waals surface area contributed by atoms with E-state index in [0.29, 0.717) is 11.8 Å². The molecule has 1 fully saturated rings. The molecule has 2 unspecified atom stereocenters. The largest absolute Gasteiger partial charge is 0.466 e. The Bertz CT molecular complexity index is 363. The minimum Gasteiger partial charge on any atom is -0.466 e. The zero-order chi connectivity index (χ0) is 11.7. The molecule has 0 saturated heterocycles. The summed E-state index contributed by atoms with van der Waals surface area (Å²) in [4.78, 5) is 11.7. The molecule has 0 aliphatic heterocycles. The van der Waals surface area contributed by atoms with Crippen LogP contribution in [0.1, 0.15) is 39.5 Å². The quantitative estimate of drug-likeness (QED) is 0.501. The van der Waals surface area contributed by atoms with Gasteiger partial charge in [-0.3, -0.25) is 0 Å². The van der Waals surface area contributed by atoms with E-state index in [9.17, 15) is 4.79 Å². The molecule has 16 heavy (non-hydrogen) atoms. The molecule has 0 aromatic rings. The Morgan fingerprint density at radius 3 is 2.94 bits per heavy atom. The minimum absolute atomic E-state index is 0.135. The van der Waals surface area contributed by atoms with Gasteiger partial charge < -0.3 is 4.74 Å². The first-order chi connectivity index (χ1) is 7.63. The summed E-state index contributed by atoms with van der Waals surface area (Å²) in [5.41, 5.74) is 3.86. The lowest BCUT2D eigenvalue weighted by Crippen LogP contribution is -2.26. The summed E-state index contributed by atoms with van der Waals surface area (Å²) in [6, 6.07) is 0. The van der Waals surface area contributed by atoms with Crippen molar-refractivity contribution in [1.29, 1.82) is 0 Å². The average Bonchev–Trinajstić information content (AvgIpc) is 2.28. The maximum Gasteiger partial charge on any atom is 0.334 e. The van der Waals surface area contributed by atoms with Crippen molar-refractivity contribution < 1.29 is 9.53 Å². The Balaban J connectivity index is 2.27. The van der Waals surface area contributed by atoms with Crippen molar-refractivity contribution in [3.05, 3.63) is 22.8 Å². The standard InChI is InChI=1S/C14H20O2/c1-9-4-6-11-10(2)5-7-12(13(11)8-9)14(15)16-3/h7,9,13H,4-6,8H2,1-3H3. The van der Waals surface area contributed by atoms with Crippen LogP contribution in [0.2, 0.25) is 0 Å². The molecule has 2 nitrogen and oxygen atoms in total. The highest BCUT2D eigenvalue weighted by Gasteiger charge is 2.33. The van der Waals surface area contributed by atoms with Crippen LogP contribution in [0.3, 0.4) is 0 Å². The van der Waals surface area contributed by atoms with Crippen molar-refractivity contribution in [2.24, 2.45) is 11.8 Å². The van der Waals surface area contributed by atoms with Gasteiger partial charge in [0.15, 0.2) is 0 Å². The van der Waals surface area contributed by atoms with Gasteiger partial charge >= 0.3 is 5.97 Å². The molecule has 2 rings (SSSR count). The van der Waals surface area contributed by atoms with Gasteiger partial charge in [0.25, 0.3) is 0 Å². The van der Waals surface area contributed by atoms with Gasteiger partial charge in [0, 0.05) is 11.5 Å². The Hall–Kier alpha value is -1.05. The van der Waals surface area contributed by atoms with E-state index in [0.717, 1.165) is 24.8 Å². The summed E-state index contributed by atoms with van der Waals surface area (Å²) < 4.78 is 4.88. The van der Waals surface area contributed by atoms with Crippen LogP contribution in [0.5, 0.6) is 0 Å². The van der Waals surface area contributed by atoms with Crippen molar-refractivity contribution in [2.75, 3.05) is 7.11 Å². The van der Waals surface area contributed by atoms with E-state index in [-0.39, 0.29) is 5.97 Å². The number of ether oxygens (including phenoxy) is 1. The van der Waals surface area contributed by atoms with E-state index >= 15 is 0 Å². The van der Waals surface area contributed by atoms with Gasteiger partial charge in [-0.1, -0.05) is 24.1 Å². The molecular weight excluding hydrogens is 200 g/mol. The molecule has 2 aliphatic carbocycles. The molecule has 0 N–H and O–H groups in total. The van der Waals surface area contributed by atoms with Crippen molar-refractivity contribution in [3.8, 4) is 0 Å². The summed E-state index contributed by atoms with van der Waals surface area (Å²) in [7, 11) is 1.47. The molecule has 2 aliphatic rings. The lowest BCUT2D eigenvalue weighted by Gasteiger charge is -2.34. The third kappa shape index (κ3) is 1.93. The fraction of sp³-hybridized carbons (Fsp3) is 0.643. The molecule has 88 valence electrons. The molecule has 0 radical (unpaired) electrons. The first kappa shape index (κ1) is 11.4. The second-order valence-electron chi connectivity index (χ2n) is 5.09. The monoisotopic (exact) mass is 220 g/mol. The summed E-state index contributed by atoms with van der Waals surface area (Å²) in [6.45, 7) is 4.47. The lowest BCUT2D eigenvalue weighted by atomic mass is 9.70. The van der Waals surface area contributed by atoms with Crippen LogP contribution in [-0.4, -0.2) is 13.1 Å². The number of methoxy groups -OCH3 is 1. The molecule has 0 aromatic carbocycles. The lowest BCUT2D eigenvalue weighted by molar-refractivity contribution is -0.136. The summed E-state index contributed by atoms with van der Waals surface area (Å²) in [5.74, 6) is 0.918. The Kier molecular flexibility index (Phi) is 3.17. The number of rotatable bonds is 1. The molecule has 0 amide bonds. The van der Waals surface area contributed by atoms with Gasteiger partial charge in [-0.25, -0.2) is 4.79 Å². The highest BCUT2D eigenvalue weighted by molar-refractivity contribution is 5.90. The Labute approximate surface area is 97.4 Å². The number of allylic oxidation sites excluding steroid dienone is 3. The smallest absolute Gasteiger partial charge is 0.334 e. The van der Waals surface area contributed by atoms with Gasteiger partial charge in [0.05, 0.1) is 7.11 Å². The highest BCUT2D eigenvalue weighted by atomic mass is 16.5. The summed E-state index contributed by atoms with van der Waals surface area (Å²) in [5, 5.41) is 0. The van der Waals surface area contributed by atoms with Crippen LogP contribution >= 0.6 is 0 Å². The Morgan fingerprint density at radius 2 is 2.25 bits per heavy atom. The zero-order valence-corrected chi connectivity index (χ0v) is 10.4. The van der Waals surface area contributed by atoms with Crippen LogP contribution < -0.4 is 0 Å². The fourth-order valence-electron chi connectivity index (χ4n) is 2.94. The van der Waals surface area contributed by atoms with Crippen LogP contribution in [0.4, 0.5) is 0 Å². The Morgan fingerprint density at radius 1 is 1.50 bits per heavy atom. The second-order valence-corrected chi connectivity index (χ2v) is 5.09. The molecule has 0 aromatic heterocycles. The zero-order valence-electron chi connectivity index (χ0n) is 10.4. The SMILES string of the molecule is COC(=O)C1=CCC(C)=C2CCC(C)CC12. The first-order valence-corrected chi connectivity index (χ1v) is 6.10. The maximum absolute atomic E-state index is 11.7. The van der Waals surface area contributed by atoms with E-state index in [1.54, 1.807) is 0 Å². The normalized spacial score (nSPS) is 29.6. The molecular formula is C14H20O2. The second kappa shape index (κ2) is 4.44. The predicted molar refractivity (Wildman–Crippen MR) is 63.9 cm³/mol. The van der Waals surface area contributed by atoms with Crippen LogP contribution in [0.25, 0.3) is 0 Å². The number of fused-ring (bicyclic) bond motifs is 1. The van der Waals surface area contributed by atoms with Gasteiger partial charge in [0.2, 0.25) is 0 Å². The topological polar surface area (TPSA) is 26.3 Å². The van der Waals surface area contributed by atoms with Crippen LogP contribution in [-0.2, 0) is 9.53 Å². The van der Waals surface area contributed by atoms with Crippen molar-refractivity contribution >= 4 is 5.97 Å². The third-order valence-electron chi connectivity index (χ3n) is 3.94. The number of carbonyl (C=O) groups is 1. The van der Waals surface area contributed by atoms with E-state index in [2.05, 4.69) is 19.9 Å². The third-order valence-corrected chi connectivity index (χ3v) is 3.94. The fourth-order valence-corrected chi connectivity index (χ4v) is 2.94.